The molecule has 17 heavy (non-hydrogen) atoms. The van der Waals surface area contributed by atoms with Crippen LogP contribution in [-0.2, 0) is 0 Å². The maximum atomic E-state index is 5.83. The van der Waals surface area contributed by atoms with E-state index in [1.54, 1.807) is 13.2 Å². The molecule has 4 nitrogen and oxygen atoms in total. The molecule has 0 aliphatic rings. The SMILES string of the molecule is COc1cc(N)cc(-c2cnn(C(C)C)c2)c1. The molecule has 0 bridgehead atoms. The fourth-order valence-corrected chi connectivity index (χ4v) is 1.68. The number of methoxy groups -OCH3 is 1. The van der Waals surface area contributed by atoms with E-state index in [-0.39, 0.29) is 0 Å². The molecule has 2 N–H and O–H groups in total. The van der Waals surface area contributed by atoms with Gasteiger partial charge in [-0.05, 0) is 31.5 Å². The highest BCUT2D eigenvalue weighted by atomic mass is 16.5. The predicted molar refractivity (Wildman–Crippen MR) is 69.0 cm³/mol. The van der Waals surface area contributed by atoms with Crippen LogP contribution in [0.3, 0.4) is 0 Å². The van der Waals surface area contributed by atoms with Crippen molar-refractivity contribution in [2.24, 2.45) is 0 Å². The van der Waals surface area contributed by atoms with E-state index in [9.17, 15) is 0 Å². The van der Waals surface area contributed by atoms with Gasteiger partial charge in [-0.25, -0.2) is 0 Å². The molecule has 0 aliphatic heterocycles. The van der Waals surface area contributed by atoms with E-state index in [4.69, 9.17) is 10.5 Å². The van der Waals surface area contributed by atoms with Crippen molar-refractivity contribution in [1.29, 1.82) is 0 Å². The minimum absolute atomic E-state index is 0.353. The molecule has 0 fully saturated rings. The molecule has 1 aromatic heterocycles. The number of ether oxygens (including phenoxy) is 1. The average Bonchev–Trinajstić information content (AvgIpc) is 2.77. The first-order valence-electron chi connectivity index (χ1n) is 5.59. The molecule has 0 radical (unpaired) electrons. The zero-order valence-corrected chi connectivity index (χ0v) is 10.3. The first-order chi connectivity index (χ1) is 8.10. The number of nitrogens with zero attached hydrogens (tertiary/aromatic N) is 2. The van der Waals surface area contributed by atoms with Gasteiger partial charge in [0.1, 0.15) is 5.75 Å². The van der Waals surface area contributed by atoms with Crippen molar-refractivity contribution in [2.45, 2.75) is 19.9 Å². The standard InChI is InChI=1S/C13H17N3O/c1-9(2)16-8-11(7-15-16)10-4-12(14)6-13(5-10)17-3/h4-9H,14H2,1-3H3. The third-order valence-corrected chi connectivity index (χ3v) is 2.63. The lowest BCUT2D eigenvalue weighted by Crippen LogP contribution is -1.99. The van der Waals surface area contributed by atoms with Crippen LogP contribution in [0, 0.1) is 0 Å². The maximum Gasteiger partial charge on any atom is 0.121 e. The molecule has 0 aliphatic carbocycles. The number of benzene rings is 1. The summed E-state index contributed by atoms with van der Waals surface area (Å²) in [6.45, 7) is 4.19. The van der Waals surface area contributed by atoms with Gasteiger partial charge in [-0.15, -0.1) is 0 Å². The Labute approximate surface area is 101 Å². The first-order valence-corrected chi connectivity index (χ1v) is 5.59. The second-order valence-electron chi connectivity index (χ2n) is 4.30. The second-order valence-corrected chi connectivity index (χ2v) is 4.30. The van der Waals surface area contributed by atoms with Crippen LogP contribution in [0.1, 0.15) is 19.9 Å². The van der Waals surface area contributed by atoms with Gasteiger partial charge in [0.25, 0.3) is 0 Å². The second kappa shape index (κ2) is 4.49. The van der Waals surface area contributed by atoms with Crippen LogP contribution in [0.2, 0.25) is 0 Å². The minimum atomic E-state index is 0.353. The van der Waals surface area contributed by atoms with Gasteiger partial charge in [-0.3, -0.25) is 4.68 Å². The first kappa shape index (κ1) is 11.5. The Morgan fingerprint density at radius 3 is 2.59 bits per heavy atom. The summed E-state index contributed by atoms with van der Waals surface area (Å²) < 4.78 is 7.13. The molecule has 2 aromatic rings. The Balaban J connectivity index is 2.41. The van der Waals surface area contributed by atoms with Crippen molar-refractivity contribution in [3.8, 4) is 16.9 Å². The molecule has 1 heterocycles. The van der Waals surface area contributed by atoms with Crippen molar-refractivity contribution >= 4 is 5.69 Å². The quantitative estimate of drug-likeness (QED) is 0.826. The topological polar surface area (TPSA) is 53.1 Å². The van der Waals surface area contributed by atoms with E-state index in [2.05, 4.69) is 18.9 Å². The summed E-state index contributed by atoms with van der Waals surface area (Å²) >= 11 is 0. The van der Waals surface area contributed by atoms with Crippen LogP contribution in [0.4, 0.5) is 5.69 Å². The minimum Gasteiger partial charge on any atom is -0.497 e. The lowest BCUT2D eigenvalue weighted by Gasteiger charge is -2.05. The summed E-state index contributed by atoms with van der Waals surface area (Å²) in [5, 5.41) is 4.31. The number of nitrogen functional groups attached to an aromatic ring is 1. The van der Waals surface area contributed by atoms with Gasteiger partial charge in [0.05, 0.1) is 13.3 Å². The lowest BCUT2D eigenvalue weighted by molar-refractivity contribution is 0.415. The summed E-state index contributed by atoms with van der Waals surface area (Å²) in [4.78, 5) is 0. The molecule has 0 saturated carbocycles. The normalized spacial score (nSPS) is 10.8. The molecular formula is C13H17N3O. The lowest BCUT2D eigenvalue weighted by atomic mass is 10.1. The van der Waals surface area contributed by atoms with E-state index in [1.807, 2.05) is 29.2 Å². The summed E-state index contributed by atoms with van der Waals surface area (Å²) in [5.41, 5.74) is 8.59. The average molecular weight is 231 g/mol. The van der Waals surface area contributed by atoms with Crippen LogP contribution in [0.25, 0.3) is 11.1 Å². The Kier molecular flexibility index (Phi) is 3.04. The molecule has 0 saturated heterocycles. The number of hydrogen-bond donors (Lipinski definition) is 1. The fraction of sp³-hybridized carbons (Fsp3) is 0.308. The van der Waals surface area contributed by atoms with Crippen molar-refractivity contribution in [3.05, 3.63) is 30.6 Å². The monoisotopic (exact) mass is 231 g/mol. The Hall–Kier alpha value is -1.97. The van der Waals surface area contributed by atoms with E-state index in [0.29, 0.717) is 11.7 Å². The summed E-state index contributed by atoms with van der Waals surface area (Å²) in [6, 6.07) is 6.03. The molecular weight excluding hydrogens is 214 g/mol. The van der Waals surface area contributed by atoms with Crippen LogP contribution in [0.15, 0.2) is 30.6 Å². The summed E-state index contributed by atoms with van der Waals surface area (Å²) in [7, 11) is 1.64. The van der Waals surface area contributed by atoms with Crippen molar-refractivity contribution < 1.29 is 4.74 Å². The largest absolute Gasteiger partial charge is 0.497 e. The van der Waals surface area contributed by atoms with Crippen molar-refractivity contribution in [2.75, 3.05) is 12.8 Å². The highest BCUT2D eigenvalue weighted by Crippen LogP contribution is 2.27. The number of hydrogen-bond acceptors (Lipinski definition) is 3. The van der Waals surface area contributed by atoms with Gasteiger partial charge in [-0.1, -0.05) is 0 Å². The van der Waals surface area contributed by atoms with E-state index < -0.39 is 0 Å². The van der Waals surface area contributed by atoms with Crippen LogP contribution in [0.5, 0.6) is 5.75 Å². The van der Waals surface area contributed by atoms with Crippen LogP contribution < -0.4 is 10.5 Å². The smallest absolute Gasteiger partial charge is 0.121 e. The van der Waals surface area contributed by atoms with Gasteiger partial charge in [0, 0.05) is 29.6 Å². The van der Waals surface area contributed by atoms with Gasteiger partial charge < -0.3 is 10.5 Å². The number of nitrogens with two attached hydrogens (primary N) is 1. The van der Waals surface area contributed by atoms with Gasteiger partial charge >= 0.3 is 0 Å². The molecule has 4 heteroatoms. The third kappa shape index (κ3) is 2.41. The fourth-order valence-electron chi connectivity index (χ4n) is 1.68. The van der Waals surface area contributed by atoms with Crippen LogP contribution in [-0.4, -0.2) is 16.9 Å². The van der Waals surface area contributed by atoms with Crippen molar-refractivity contribution in [1.82, 2.24) is 9.78 Å². The van der Waals surface area contributed by atoms with E-state index in [1.165, 1.54) is 0 Å². The molecule has 0 spiro atoms. The third-order valence-electron chi connectivity index (χ3n) is 2.63. The summed E-state index contributed by atoms with van der Waals surface area (Å²) in [6.07, 6.45) is 3.85. The molecule has 1 aromatic carbocycles. The molecule has 90 valence electrons. The number of rotatable bonds is 3. The number of anilines is 1. The Morgan fingerprint density at radius 1 is 1.24 bits per heavy atom. The van der Waals surface area contributed by atoms with E-state index in [0.717, 1.165) is 16.9 Å². The Bertz CT molecular complexity index is 517. The molecule has 2 rings (SSSR count). The zero-order valence-electron chi connectivity index (χ0n) is 10.3. The predicted octanol–water partition coefficient (Wildman–Crippen LogP) is 2.72. The van der Waals surface area contributed by atoms with Gasteiger partial charge in [0.15, 0.2) is 0 Å². The van der Waals surface area contributed by atoms with Crippen molar-refractivity contribution in [3.63, 3.8) is 0 Å². The highest BCUT2D eigenvalue weighted by molar-refractivity contribution is 5.68. The van der Waals surface area contributed by atoms with Crippen LogP contribution >= 0.6 is 0 Å². The maximum absolute atomic E-state index is 5.83. The molecule has 0 unspecified atom stereocenters. The molecule has 0 amide bonds. The number of aromatic nitrogens is 2. The highest BCUT2D eigenvalue weighted by Gasteiger charge is 2.06. The zero-order chi connectivity index (χ0) is 12.4. The van der Waals surface area contributed by atoms with Gasteiger partial charge in [-0.2, -0.15) is 5.10 Å². The summed E-state index contributed by atoms with van der Waals surface area (Å²) in [5.74, 6) is 0.761. The Morgan fingerprint density at radius 2 is 2.00 bits per heavy atom. The molecule has 0 atom stereocenters. The van der Waals surface area contributed by atoms with Gasteiger partial charge in [0.2, 0.25) is 0 Å². The van der Waals surface area contributed by atoms with E-state index >= 15 is 0 Å².